The van der Waals surface area contributed by atoms with Gasteiger partial charge in [-0.1, -0.05) is 51.1 Å². The summed E-state index contributed by atoms with van der Waals surface area (Å²) in [6, 6.07) is 9.78. The van der Waals surface area contributed by atoms with Crippen molar-refractivity contribution in [3.63, 3.8) is 0 Å². The molecule has 1 rings (SSSR count). The van der Waals surface area contributed by atoms with Crippen molar-refractivity contribution in [1.29, 1.82) is 0 Å². The molecule has 1 unspecified atom stereocenters. The first kappa shape index (κ1) is 18.2. The number of rotatable bonds is 8. The molecule has 1 aromatic rings. The molecule has 0 aliphatic heterocycles. The number of hydrogen-bond acceptors (Lipinski definition) is 3. The highest BCUT2D eigenvalue weighted by Crippen LogP contribution is 2.25. The quantitative estimate of drug-likeness (QED) is 0.534. The fraction of sp³-hybridized carbons (Fsp3) is 0.421. The largest absolute Gasteiger partial charge is 0.308 e. The maximum atomic E-state index is 12.9. The summed E-state index contributed by atoms with van der Waals surface area (Å²) in [4.78, 5) is 12.9. The zero-order valence-electron chi connectivity index (χ0n) is 14.2. The number of para-hydroxylation sites is 1. The van der Waals surface area contributed by atoms with Gasteiger partial charge < -0.3 is 5.01 Å². The van der Waals surface area contributed by atoms with Crippen molar-refractivity contribution in [2.45, 2.75) is 33.2 Å². The van der Waals surface area contributed by atoms with Gasteiger partial charge in [-0.15, -0.1) is 13.2 Å². The Labute approximate surface area is 134 Å². The van der Waals surface area contributed by atoms with Crippen LogP contribution in [0.3, 0.4) is 0 Å². The molecule has 0 amide bonds. The van der Waals surface area contributed by atoms with Gasteiger partial charge >= 0.3 is 0 Å². The average Bonchev–Trinajstić information content (AvgIpc) is 2.49. The van der Waals surface area contributed by atoms with E-state index in [0.717, 1.165) is 5.69 Å². The van der Waals surface area contributed by atoms with Crippen molar-refractivity contribution in [2.24, 2.45) is 5.41 Å². The molecule has 0 saturated carbocycles. The highest BCUT2D eigenvalue weighted by Gasteiger charge is 2.34. The van der Waals surface area contributed by atoms with Gasteiger partial charge in [0.1, 0.15) is 0 Å². The van der Waals surface area contributed by atoms with Gasteiger partial charge in [0.15, 0.2) is 5.78 Å². The van der Waals surface area contributed by atoms with Gasteiger partial charge in [0.25, 0.3) is 0 Å². The van der Waals surface area contributed by atoms with Crippen LogP contribution in [0.25, 0.3) is 0 Å². The highest BCUT2D eigenvalue weighted by molar-refractivity contribution is 5.89. The molecule has 0 aromatic heterocycles. The molecule has 3 nitrogen and oxygen atoms in total. The predicted molar refractivity (Wildman–Crippen MR) is 94.8 cm³/mol. The molecular formula is C19H28N2O. The maximum absolute atomic E-state index is 12.9. The molecular weight excluding hydrogens is 272 g/mol. The third-order valence-electron chi connectivity index (χ3n) is 3.62. The van der Waals surface area contributed by atoms with E-state index in [1.54, 1.807) is 0 Å². The van der Waals surface area contributed by atoms with Crippen LogP contribution in [0.2, 0.25) is 0 Å². The van der Waals surface area contributed by atoms with Crippen LogP contribution in [0, 0.1) is 5.41 Å². The van der Waals surface area contributed by atoms with Crippen molar-refractivity contribution in [2.75, 3.05) is 18.6 Å². The number of ketones is 1. The number of benzene rings is 1. The Hall–Kier alpha value is -1.87. The van der Waals surface area contributed by atoms with E-state index in [2.05, 4.69) is 18.2 Å². The second-order valence-corrected chi connectivity index (χ2v) is 6.42. The second kappa shape index (κ2) is 7.95. The Morgan fingerprint density at radius 2 is 1.77 bits per heavy atom. The molecule has 0 spiro atoms. The van der Waals surface area contributed by atoms with Gasteiger partial charge in [-0.3, -0.25) is 4.79 Å². The number of carbonyl (C=O) groups is 1. The topological polar surface area (TPSA) is 23.6 Å². The number of hydrogen-bond donors (Lipinski definition) is 0. The zero-order chi connectivity index (χ0) is 16.8. The minimum atomic E-state index is -0.398. The summed E-state index contributed by atoms with van der Waals surface area (Å²) in [5.41, 5.74) is 0.644. The molecule has 0 bridgehead atoms. The molecule has 0 radical (unpaired) electrons. The van der Waals surface area contributed by atoms with Crippen molar-refractivity contribution < 1.29 is 4.79 Å². The Kier molecular flexibility index (Phi) is 6.57. The van der Waals surface area contributed by atoms with Gasteiger partial charge in [-0.2, -0.15) is 0 Å². The van der Waals surface area contributed by atoms with E-state index < -0.39 is 5.41 Å². The van der Waals surface area contributed by atoms with E-state index in [-0.39, 0.29) is 11.8 Å². The molecule has 120 valence electrons. The number of carbonyl (C=O) groups excluding carboxylic acids is 1. The third kappa shape index (κ3) is 4.57. The van der Waals surface area contributed by atoms with Crippen LogP contribution in [0.15, 0.2) is 55.6 Å². The van der Waals surface area contributed by atoms with E-state index in [1.807, 2.05) is 75.3 Å². The highest BCUT2D eigenvalue weighted by atomic mass is 16.1. The smallest absolute Gasteiger partial charge is 0.157 e. The van der Waals surface area contributed by atoms with Crippen molar-refractivity contribution >= 4 is 11.5 Å². The van der Waals surface area contributed by atoms with Gasteiger partial charge in [0.2, 0.25) is 0 Å². The summed E-state index contributed by atoms with van der Waals surface area (Å²) >= 11 is 0. The summed E-state index contributed by atoms with van der Waals surface area (Å²) in [5, 5.41) is 4.08. The molecule has 0 aliphatic rings. The first-order valence-corrected chi connectivity index (χ1v) is 7.64. The van der Waals surface area contributed by atoms with Crippen molar-refractivity contribution in [3.05, 3.63) is 55.6 Å². The molecule has 3 heteroatoms. The van der Waals surface area contributed by atoms with Crippen LogP contribution < -0.4 is 5.01 Å². The summed E-state index contributed by atoms with van der Waals surface area (Å²) in [6.45, 7) is 14.1. The van der Waals surface area contributed by atoms with Gasteiger partial charge in [0, 0.05) is 19.0 Å². The lowest BCUT2D eigenvalue weighted by molar-refractivity contribution is -0.131. The zero-order valence-corrected chi connectivity index (χ0v) is 14.2. The van der Waals surface area contributed by atoms with Gasteiger partial charge in [-0.25, -0.2) is 5.01 Å². The summed E-state index contributed by atoms with van der Waals surface area (Å²) in [7, 11) is 1.98. The van der Waals surface area contributed by atoms with Crippen molar-refractivity contribution in [3.8, 4) is 0 Å². The number of nitrogens with zero attached hydrogens (tertiary/aromatic N) is 2. The lowest BCUT2D eigenvalue weighted by Crippen LogP contribution is -2.53. The lowest BCUT2D eigenvalue weighted by Gasteiger charge is -2.40. The van der Waals surface area contributed by atoms with Crippen LogP contribution in [-0.2, 0) is 4.79 Å². The number of anilines is 1. The van der Waals surface area contributed by atoms with E-state index in [9.17, 15) is 4.79 Å². The van der Waals surface area contributed by atoms with E-state index in [0.29, 0.717) is 13.0 Å². The molecule has 1 atom stereocenters. The minimum absolute atomic E-state index is 0.206. The van der Waals surface area contributed by atoms with Crippen LogP contribution in [0.5, 0.6) is 0 Å². The molecule has 0 heterocycles. The average molecular weight is 300 g/mol. The SMILES string of the molecule is C=CCC(C(=O)C(C)(C)C)N(CC=C)N(C)c1ccccc1. The monoisotopic (exact) mass is 300 g/mol. The van der Waals surface area contributed by atoms with Gasteiger partial charge in [-0.05, 0) is 18.6 Å². The fourth-order valence-corrected chi connectivity index (χ4v) is 2.40. The fourth-order valence-electron chi connectivity index (χ4n) is 2.40. The number of Topliss-reactive ketones (excluding diaryl/α,β-unsaturated/α-hetero) is 1. The normalized spacial score (nSPS) is 12.8. The first-order valence-electron chi connectivity index (χ1n) is 7.64. The van der Waals surface area contributed by atoms with Crippen LogP contribution >= 0.6 is 0 Å². The Morgan fingerprint density at radius 3 is 2.23 bits per heavy atom. The third-order valence-corrected chi connectivity index (χ3v) is 3.62. The van der Waals surface area contributed by atoms with E-state index >= 15 is 0 Å². The summed E-state index contributed by atoms with van der Waals surface area (Å²) in [5.74, 6) is 0.206. The maximum Gasteiger partial charge on any atom is 0.157 e. The molecule has 0 saturated heterocycles. The van der Waals surface area contributed by atoms with Crippen LogP contribution in [-0.4, -0.2) is 30.4 Å². The lowest BCUT2D eigenvalue weighted by atomic mass is 9.85. The standard InChI is InChI=1S/C19H28N2O/c1-7-12-17(18(22)19(3,4)5)21(15-8-2)20(6)16-13-10-9-11-14-16/h7-11,13-14,17H,1-2,12,15H2,3-6H3. The summed E-state index contributed by atoms with van der Waals surface area (Å²) < 4.78 is 0. The number of hydrazine groups is 1. The summed E-state index contributed by atoms with van der Waals surface area (Å²) in [6.07, 6.45) is 4.25. The first-order chi connectivity index (χ1) is 10.3. The second-order valence-electron chi connectivity index (χ2n) is 6.42. The van der Waals surface area contributed by atoms with Crippen molar-refractivity contribution in [1.82, 2.24) is 5.01 Å². The van der Waals surface area contributed by atoms with Gasteiger partial charge in [0.05, 0.1) is 11.7 Å². The molecule has 1 aromatic carbocycles. The molecule has 0 N–H and O–H groups in total. The molecule has 0 aliphatic carbocycles. The Bertz CT molecular complexity index is 502. The predicted octanol–water partition coefficient (Wildman–Crippen LogP) is 4.09. The molecule has 22 heavy (non-hydrogen) atoms. The Balaban J connectivity index is 3.15. The molecule has 0 fully saturated rings. The van der Waals surface area contributed by atoms with E-state index in [4.69, 9.17) is 0 Å². The van der Waals surface area contributed by atoms with E-state index in [1.165, 1.54) is 0 Å². The van der Waals surface area contributed by atoms with Crippen LogP contribution in [0.1, 0.15) is 27.2 Å². The minimum Gasteiger partial charge on any atom is -0.308 e. The van der Waals surface area contributed by atoms with Crippen LogP contribution in [0.4, 0.5) is 5.69 Å². The Morgan fingerprint density at radius 1 is 1.18 bits per heavy atom.